The molecule has 0 spiro atoms. The Morgan fingerprint density at radius 1 is 0.905 bits per heavy atom. The second-order valence-electron chi connectivity index (χ2n) is 4.69. The summed E-state index contributed by atoms with van der Waals surface area (Å²) in [6.45, 7) is -0.322. The standard InChI is InChI=1S/C17H17NO3/c19-16(12-11-14-7-3-1-4-8-14)18(13-17(20)21)15-9-5-2-6-10-15/h1-10H,11-13H2,(H,20,21). The summed E-state index contributed by atoms with van der Waals surface area (Å²) in [7, 11) is 0. The normalized spacial score (nSPS) is 10.1. The van der Waals surface area contributed by atoms with E-state index in [1.54, 1.807) is 24.3 Å². The monoisotopic (exact) mass is 283 g/mol. The van der Waals surface area contributed by atoms with Gasteiger partial charge in [-0.3, -0.25) is 9.59 Å². The summed E-state index contributed by atoms with van der Waals surface area (Å²) in [6.07, 6.45) is 0.884. The predicted octanol–water partition coefficient (Wildman–Crippen LogP) is 2.74. The maximum absolute atomic E-state index is 12.3. The number of carboxylic acid groups (broad SMARTS) is 1. The molecule has 4 heteroatoms. The molecule has 0 atom stereocenters. The molecule has 0 aliphatic rings. The summed E-state index contributed by atoms with van der Waals surface area (Å²) >= 11 is 0. The van der Waals surface area contributed by atoms with Gasteiger partial charge in [-0.05, 0) is 24.1 Å². The van der Waals surface area contributed by atoms with Crippen molar-refractivity contribution in [1.29, 1.82) is 0 Å². The fraction of sp³-hybridized carbons (Fsp3) is 0.176. The van der Waals surface area contributed by atoms with Crippen molar-refractivity contribution in [2.45, 2.75) is 12.8 Å². The van der Waals surface area contributed by atoms with Crippen LogP contribution in [-0.2, 0) is 16.0 Å². The van der Waals surface area contributed by atoms with Crippen LogP contribution in [0.25, 0.3) is 0 Å². The van der Waals surface area contributed by atoms with Gasteiger partial charge in [-0.15, -0.1) is 0 Å². The van der Waals surface area contributed by atoms with Crippen LogP contribution in [0.15, 0.2) is 60.7 Å². The first kappa shape index (κ1) is 14.8. The minimum Gasteiger partial charge on any atom is -0.480 e. The Morgan fingerprint density at radius 3 is 2.05 bits per heavy atom. The van der Waals surface area contributed by atoms with Gasteiger partial charge in [-0.1, -0.05) is 48.5 Å². The number of carbonyl (C=O) groups is 2. The molecule has 0 aliphatic heterocycles. The van der Waals surface area contributed by atoms with Crippen LogP contribution in [0.5, 0.6) is 0 Å². The van der Waals surface area contributed by atoms with Crippen molar-refractivity contribution in [2.75, 3.05) is 11.4 Å². The molecule has 4 nitrogen and oxygen atoms in total. The van der Waals surface area contributed by atoms with E-state index in [4.69, 9.17) is 5.11 Å². The highest BCUT2D eigenvalue weighted by Gasteiger charge is 2.18. The zero-order valence-electron chi connectivity index (χ0n) is 11.6. The summed E-state index contributed by atoms with van der Waals surface area (Å²) in [6, 6.07) is 18.6. The van der Waals surface area contributed by atoms with Gasteiger partial charge < -0.3 is 10.0 Å². The molecule has 21 heavy (non-hydrogen) atoms. The van der Waals surface area contributed by atoms with Gasteiger partial charge in [0.2, 0.25) is 5.91 Å². The Labute approximate surface area is 123 Å². The van der Waals surface area contributed by atoms with E-state index < -0.39 is 5.97 Å². The first-order valence-electron chi connectivity index (χ1n) is 6.78. The molecule has 0 unspecified atom stereocenters. The van der Waals surface area contributed by atoms with Gasteiger partial charge in [0.25, 0.3) is 0 Å². The molecule has 0 radical (unpaired) electrons. The summed E-state index contributed by atoms with van der Waals surface area (Å²) in [5.74, 6) is -1.21. The van der Waals surface area contributed by atoms with Crippen LogP contribution in [0.1, 0.15) is 12.0 Å². The molecule has 2 aromatic carbocycles. The quantitative estimate of drug-likeness (QED) is 0.886. The molecular formula is C17H17NO3. The molecule has 1 N–H and O–H groups in total. The minimum absolute atomic E-state index is 0.188. The molecule has 0 saturated heterocycles. The first-order chi connectivity index (χ1) is 10.2. The number of carboxylic acids is 1. The van der Waals surface area contributed by atoms with Crippen LogP contribution in [-0.4, -0.2) is 23.5 Å². The largest absolute Gasteiger partial charge is 0.480 e. The predicted molar refractivity (Wildman–Crippen MR) is 81.2 cm³/mol. The van der Waals surface area contributed by atoms with Crippen molar-refractivity contribution >= 4 is 17.6 Å². The van der Waals surface area contributed by atoms with Gasteiger partial charge in [0.05, 0.1) is 0 Å². The second kappa shape index (κ2) is 7.24. The number of para-hydroxylation sites is 1. The molecule has 0 saturated carbocycles. The zero-order chi connectivity index (χ0) is 15.1. The summed E-state index contributed by atoms with van der Waals surface area (Å²) in [4.78, 5) is 24.6. The number of benzene rings is 2. The number of carbonyl (C=O) groups excluding carboxylic acids is 1. The van der Waals surface area contributed by atoms with Crippen LogP contribution < -0.4 is 4.90 Å². The Balaban J connectivity index is 2.06. The van der Waals surface area contributed by atoms with E-state index in [0.29, 0.717) is 12.1 Å². The highest BCUT2D eigenvalue weighted by atomic mass is 16.4. The molecule has 2 rings (SSSR count). The number of rotatable bonds is 6. The van der Waals surface area contributed by atoms with E-state index in [0.717, 1.165) is 5.56 Å². The topological polar surface area (TPSA) is 57.6 Å². The highest BCUT2D eigenvalue weighted by molar-refractivity contribution is 5.97. The van der Waals surface area contributed by atoms with Crippen LogP contribution in [0, 0.1) is 0 Å². The Kier molecular flexibility index (Phi) is 5.10. The number of aryl methyl sites for hydroxylation is 1. The molecule has 0 bridgehead atoms. The van der Waals surface area contributed by atoms with Crippen LogP contribution in [0.4, 0.5) is 5.69 Å². The number of aliphatic carboxylic acids is 1. The van der Waals surface area contributed by atoms with Crippen LogP contribution >= 0.6 is 0 Å². The van der Waals surface area contributed by atoms with E-state index in [1.165, 1.54) is 4.90 Å². The summed E-state index contributed by atoms with van der Waals surface area (Å²) < 4.78 is 0. The second-order valence-corrected chi connectivity index (χ2v) is 4.69. The van der Waals surface area contributed by atoms with Crippen LogP contribution in [0.3, 0.4) is 0 Å². The first-order valence-corrected chi connectivity index (χ1v) is 6.78. The lowest BCUT2D eigenvalue weighted by Crippen LogP contribution is -2.35. The fourth-order valence-electron chi connectivity index (χ4n) is 2.10. The van der Waals surface area contributed by atoms with Crippen molar-refractivity contribution in [2.24, 2.45) is 0 Å². The minimum atomic E-state index is -1.02. The van der Waals surface area contributed by atoms with E-state index in [9.17, 15) is 9.59 Å². The van der Waals surface area contributed by atoms with Crippen molar-refractivity contribution < 1.29 is 14.7 Å². The van der Waals surface area contributed by atoms with Crippen molar-refractivity contribution in [1.82, 2.24) is 0 Å². The third-order valence-corrected chi connectivity index (χ3v) is 3.13. The van der Waals surface area contributed by atoms with Crippen molar-refractivity contribution in [3.8, 4) is 0 Å². The average molecular weight is 283 g/mol. The number of hydrogen-bond donors (Lipinski definition) is 1. The zero-order valence-corrected chi connectivity index (χ0v) is 11.6. The Hall–Kier alpha value is -2.62. The third-order valence-electron chi connectivity index (χ3n) is 3.13. The summed E-state index contributed by atoms with van der Waals surface area (Å²) in [5.41, 5.74) is 1.67. The molecule has 0 aliphatic carbocycles. The lowest BCUT2D eigenvalue weighted by Gasteiger charge is -2.20. The molecule has 0 heterocycles. The van der Waals surface area contributed by atoms with E-state index in [2.05, 4.69) is 0 Å². The van der Waals surface area contributed by atoms with Gasteiger partial charge in [0.1, 0.15) is 6.54 Å². The number of anilines is 1. The van der Waals surface area contributed by atoms with E-state index >= 15 is 0 Å². The number of amides is 1. The van der Waals surface area contributed by atoms with Gasteiger partial charge >= 0.3 is 5.97 Å². The lowest BCUT2D eigenvalue weighted by molar-refractivity contribution is -0.136. The molecule has 108 valence electrons. The fourth-order valence-corrected chi connectivity index (χ4v) is 2.10. The molecular weight excluding hydrogens is 266 g/mol. The maximum Gasteiger partial charge on any atom is 0.323 e. The van der Waals surface area contributed by atoms with Gasteiger partial charge in [0, 0.05) is 12.1 Å². The van der Waals surface area contributed by atoms with Crippen molar-refractivity contribution in [3.63, 3.8) is 0 Å². The van der Waals surface area contributed by atoms with Crippen molar-refractivity contribution in [3.05, 3.63) is 66.2 Å². The lowest BCUT2D eigenvalue weighted by atomic mass is 10.1. The van der Waals surface area contributed by atoms with Gasteiger partial charge in [0.15, 0.2) is 0 Å². The van der Waals surface area contributed by atoms with Gasteiger partial charge in [-0.2, -0.15) is 0 Å². The maximum atomic E-state index is 12.3. The highest BCUT2D eigenvalue weighted by Crippen LogP contribution is 2.15. The van der Waals surface area contributed by atoms with E-state index in [-0.39, 0.29) is 18.9 Å². The third kappa shape index (κ3) is 4.45. The average Bonchev–Trinajstić information content (AvgIpc) is 2.52. The molecule has 0 fully saturated rings. The van der Waals surface area contributed by atoms with Crippen LogP contribution in [0.2, 0.25) is 0 Å². The molecule has 2 aromatic rings. The Bertz CT molecular complexity index is 596. The SMILES string of the molecule is O=C(O)CN(C(=O)CCc1ccccc1)c1ccccc1. The summed E-state index contributed by atoms with van der Waals surface area (Å²) in [5, 5.41) is 8.99. The van der Waals surface area contributed by atoms with E-state index in [1.807, 2.05) is 36.4 Å². The Morgan fingerprint density at radius 2 is 1.48 bits per heavy atom. The molecule has 1 amide bonds. The number of nitrogens with zero attached hydrogens (tertiary/aromatic N) is 1. The van der Waals surface area contributed by atoms with Gasteiger partial charge in [-0.25, -0.2) is 0 Å². The molecule has 0 aromatic heterocycles. The smallest absolute Gasteiger partial charge is 0.323 e. The number of hydrogen-bond acceptors (Lipinski definition) is 2.